The first-order chi connectivity index (χ1) is 15.4. The number of anilines is 2. The molecule has 2 heterocycles. The number of halogens is 1. The molecule has 9 heteroatoms. The largest absolute Gasteiger partial charge is 0.368 e. The van der Waals surface area contributed by atoms with Crippen LogP contribution in [0.15, 0.2) is 59.5 Å². The lowest BCUT2D eigenvalue weighted by atomic mass is 10.1. The molecule has 0 spiro atoms. The normalized spacial score (nSPS) is 11.5. The van der Waals surface area contributed by atoms with E-state index in [1.807, 2.05) is 19.1 Å². The van der Waals surface area contributed by atoms with Crippen LogP contribution < -0.4 is 16.6 Å². The van der Waals surface area contributed by atoms with Crippen LogP contribution in [-0.2, 0) is 0 Å². The van der Waals surface area contributed by atoms with Crippen molar-refractivity contribution in [2.75, 3.05) is 11.1 Å². The molecule has 2 aromatic carbocycles. The number of rotatable bonds is 4. The number of fused-ring (bicyclic) bond motifs is 1. The SMILES string of the molecule is CC(Nc1nc(N)ncc1C#N)c1cc2cccc(Cl)c2c(=O)n1-c1cccc(C#N)c1. The van der Waals surface area contributed by atoms with Crippen molar-refractivity contribution in [2.45, 2.75) is 13.0 Å². The molecule has 0 aliphatic heterocycles. The molecule has 1 unspecified atom stereocenters. The number of hydrogen-bond donors (Lipinski definition) is 2. The molecule has 0 saturated heterocycles. The van der Waals surface area contributed by atoms with Gasteiger partial charge >= 0.3 is 0 Å². The van der Waals surface area contributed by atoms with E-state index >= 15 is 0 Å². The van der Waals surface area contributed by atoms with Crippen LogP contribution in [0.25, 0.3) is 16.5 Å². The highest BCUT2D eigenvalue weighted by atomic mass is 35.5. The zero-order valence-electron chi connectivity index (χ0n) is 16.9. The van der Waals surface area contributed by atoms with Crippen LogP contribution in [0.3, 0.4) is 0 Å². The Bertz CT molecular complexity index is 1500. The minimum Gasteiger partial charge on any atom is -0.368 e. The second-order valence-electron chi connectivity index (χ2n) is 7.04. The number of nitrogens with two attached hydrogens (primary N) is 1. The maximum atomic E-state index is 13.6. The first-order valence-corrected chi connectivity index (χ1v) is 9.94. The Hall–Kier alpha value is -4.40. The number of nitrogens with zero attached hydrogens (tertiary/aromatic N) is 5. The van der Waals surface area contributed by atoms with Crippen LogP contribution in [0.5, 0.6) is 0 Å². The van der Waals surface area contributed by atoms with Gasteiger partial charge in [0.25, 0.3) is 5.56 Å². The van der Waals surface area contributed by atoms with Gasteiger partial charge in [0.15, 0.2) is 0 Å². The first kappa shape index (κ1) is 20.9. The Morgan fingerprint density at radius 2 is 1.94 bits per heavy atom. The van der Waals surface area contributed by atoms with E-state index < -0.39 is 6.04 Å². The van der Waals surface area contributed by atoms with Crippen LogP contribution in [0.1, 0.15) is 29.8 Å². The average molecular weight is 442 g/mol. The fraction of sp³-hybridized carbons (Fsp3) is 0.0870. The predicted octanol–water partition coefficient (Wildman–Crippen LogP) is 3.93. The van der Waals surface area contributed by atoms with E-state index in [0.717, 1.165) is 0 Å². The van der Waals surface area contributed by atoms with Gasteiger partial charge in [0.1, 0.15) is 17.5 Å². The number of pyridine rings is 1. The number of nitrogens with one attached hydrogen (secondary N) is 1. The predicted molar refractivity (Wildman–Crippen MR) is 122 cm³/mol. The van der Waals surface area contributed by atoms with Gasteiger partial charge in [0.2, 0.25) is 5.95 Å². The summed E-state index contributed by atoms with van der Waals surface area (Å²) in [7, 11) is 0. The van der Waals surface area contributed by atoms with Gasteiger partial charge in [-0.3, -0.25) is 9.36 Å². The van der Waals surface area contributed by atoms with Gasteiger partial charge in [-0.25, -0.2) is 4.98 Å². The summed E-state index contributed by atoms with van der Waals surface area (Å²) >= 11 is 6.35. The van der Waals surface area contributed by atoms with Crippen LogP contribution in [0.2, 0.25) is 5.02 Å². The second kappa shape index (κ2) is 8.38. The molecule has 0 bridgehead atoms. The Kier molecular flexibility index (Phi) is 5.46. The topological polar surface area (TPSA) is 133 Å². The van der Waals surface area contributed by atoms with E-state index in [9.17, 15) is 15.3 Å². The lowest BCUT2D eigenvalue weighted by Gasteiger charge is -2.22. The third kappa shape index (κ3) is 3.71. The van der Waals surface area contributed by atoms with Crippen LogP contribution in [0.4, 0.5) is 11.8 Å². The van der Waals surface area contributed by atoms with Crippen molar-refractivity contribution in [3.63, 3.8) is 0 Å². The summed E-state index contributed by atoms with van der Waals surface area (Å²) in [5.74, 6) is 0.270. The first-order valence-electron chi connectivity index (χ1n) is 9.56. The third-order valence-corrected chi connectivity index (χ3v) is 5.30. The molecule has 8 nitrogen and oxygen atoms in total. The summed E-state index contributed by atoms with van der Waals surface area (Å²) < 4.78 is 1.50. The molecule has 0 aliphatic rings. The molecule has 0 aliphatic carbocycles. The highest BCUT2D eigenvalue weighted by molar-refractivity contribution is 6.35. The van der Waals surface area contributed by atoms with E-state index in [0.29, 0.717) is 32.7 Å². The van der Waals surface area contributed by atoms with Crippen LogP contribution >= 0.6 is 11.6 Å². The molecule has 4 rings (SSSR count). The molecule has 0 amide bonds. The minimum absolute atomic E-state index is 0.0168. The van der Waals surface area contributed by atoms with Gasteiger partial charge < -0.3 is 11.1 Å². The lowest BCUT2D eigenvalue weighted by molar-refractivity contribution is 0.772. The molecule has 2 aromatic heterocycles. The number of nitrogen functional groups attached to an aromatic ring is 1. The van der Waals surface area contributed by atoms with Crippen molar-refractivity contribution in [1.82, 2.24) is 14.5 Å². The monoisotopic (exact) mass is 441 g/mol. The van der Waals surface area contributed by atoms with Crippen molar-refractivity contribution < 1.29 is 0 Å². The van der Waals surface area contributed by atoms with Crippen molar-refractivity contribution >= 4 is 34.1 Å². The molecule has 3 N–H and O–H groups in total. The van der Waals surface area contributed by atoms with Gasteiger partial charge in [-0.2, -0.15) is 15.5 Å². The summed E-state index contributed by atoms with van der Waals surface area (Å²) in [6, 6.07) is 17.5. The maximum Gasteiger partial charge on any atom is 0.264 e. The minimum atomic E-state index is -0.474. The van der Waals surface area contributed by atoms with E-state index in [4.69, 9.17) is 17.3 Å². The number of hydrogen-bond acceptors (Lipinski definition) is 7. The van der Waals surface area contributed by atoms with Crippen molar-refractivity contribution in [2.24, 2.45) is 0 Å². The van der Waals surface area contributed by atoms with E-state index in [1.165, 1.54) is 10.8 Å². The number of nitriles is 2. The molecule has 4 aromatic rings. The second-order valence-corrected chi connectivity index (χ2v) is 7.45. The summed E-state index contributed by atoms with van der Waals surface area (Å²) in [6.45, 7) is 1.83. The summed E-state index contributed by atoms with van der Waals surface area (Å²) in [5.41, 5.74) is 7.10. The van der Waals surface area contributed by atoms with Crippen LogP contribution in [0, 0.1) is 22.7 Å². The summed E-state index contributed by atoms with van der Waals surface area (Å²) in [4.78, 5) is 21.5. The molecule has 0 fully saturated rings. The zero-order chi connectivity index (χ0) is 22.8. The quantitative estimate of drug-likeness (QED) is 0.490. The standard InChI is InChI=1S/C23H16ClN7O/c1-13(29-21-16(11-26)12-28-23(27)30-21)19-9-15-5-3-7-18(24)20(15)22(32)31(19)17-6-2-4-14(8-17)10-25/h2-9,12-13H,1H3,(H3,27,28,29,30). The summed E-state index contributed by atoms with van der Waals surface area (Å²) in [5, 5.41) is 23.2. The molecule has 156 valence electrons. The van der Waals surface area contributed by atoms with Crippen molar-refractivity contribution in [1.29, 1.82) is 10.5 Å². The fourth-order valence-electron chi connectivity index (χ4n) is 3.51. The van der Waals surface area contributed by atoms with Gasteiger partial charge in [-0.15, -0.1) is 0 Å². The average Bonchev–Trinajstić information content (AvgIpc) is 2.79. The van der Waals surface area contributed by atoms with E-state index in [-0.39, 0.29) is 22.9 Å². The Balaban J connectivity index is 1.96. The molecular formula is C23H16ClN7O. The fourth-order valence-corrected chi connectivity index (χ4v) is 3.77. The Morgan fingerprint density at radius 1 is 1.16 bits per heavy atom. The van der Waals surface area contributed by atoms with E-state index in [2.05, 4.69) is 21.4 Å². The maximum absolute atomic E-state index is 13.6. The van der Waals surface area contributed by atoms with Crippen molar-refractivity contribution in [3.8, 4) is 17.8 Å². The molecule has 32 heavy (non-hydrogen) atoms. The number of benzene rings is 2. The smallest absolute Gasteiger partial charge is 0.264 e. The van der Waals surface area contributed by atoms with Gasteiger partial charge in [0.05, 0.1) is 40.0 Å². The third-order valence-electron chi connectivity index (χ3n) is 4.98. The highest BCUT2D eigenvalue weighted by Gasteiger charge is 2.19. The molecule has 0 radical (unpaired) electrons. The van der Waals surface area contributed by atoms with Crippen molar-refractivity contribution in [3.05, 3.63) is 86.9 Å². The zero-order valence-corrected chi connectivity index (χ0v) is 17.6. The highest BCUT2D eigenvalue weighted by Crippen LogP contribution is 2.27. The van der Waals surface area contributed by atoms with E-state index in [1.54, 1.807) is 42.5 Å². The number of aromatic nitrogens is 3. The van der Waals surface area contributed by atoms with Gasteiger partial charge in [-0.05, 0) is 42.6 Å². The lowest BCUT2D eigenvalue weighted by Crippen LogP contribution is -2.26. The van der Waals surface area contributed by atoms with Gasteiger partial charge in [0, 0.05) is 5.69 Å². The molecular weight excluding hydrogens is 426 g/mol. The van der Waals surface area contributed by atoms with Crippen LogP contribution in [-0.4, -0.2) is 14.5 Å². The Morgan fingerprint density at radius 3 is 2.69 bits per heavy atom. The summed E-state index contributed by atoms with van der Waals surface area (Å²) in [6.07, 6.45) is 1.33. The molecule has 0 saturated carbocycles. The molecule has 1 atom stereocenters. The Labute approximate surface area is 188 Å². The van der Waals surface area contributed by atoms with Gasteiger partial charge in [-0.1, -0.05) is 29.8 Å².